The molecule has 5 nitrogen and oxygen atoms in total. The highest BCUT2D eigenvalue weighted by atomic mass is 79.9. The molecule has 0 spiro atoms. The molecule has 0 saturated heterocycles. The number of anilines is 2. The summed E-state index contributed by atoms with van der Waals surface area (Å²) in [6.45, 7) is 0. The molecule has 1 N–H and O–H groups in total. The predicted molar refractivity (Wildman–Crippen MR) is 113 cm³/mol. The fourth-order valence-electron chi connectivity index (χ4n) is 3.42. The van der Waals surface area contributed by atoms with E-state index in [9.17, 15) is 4.79 Å². The number of amides is 1. The zero-order chi connectivity index (χ0) is 19.7. The predicted octanol–water partition coefficient (Wildman–Crippen LogP) is 5.24. The monoisotopic (exact) mass is 438 g/mol. The number of rotatable bonds is 4. The van der Waals surface area contributed by atoms with Crippen molar-refractivity contribution in [1.29, 1.82) is 0 Å². The van der Waals surface area contributed by atoms with Gasteiger partial charge in [0.1, 0.15) is 17.7 Å². The van der Waals surface area contributed by atoms with Gasteiger partial charge < -0.3 is 14.8 Å². The second kappa shape index (κ2) is 7.56. The first-order chi connectivity index (χ1) is 13.6. The number of methoxy groups -OCH3 is 2. The van der Waals surface area contributed by atoms with Crippen molar-refractivity contribution in [3.8, 4) is 11.5 Å². The summed E-state index contributed by atoms with van der Waals surface area (Å²) in [4.78, 5) is 15.2. The number of benzene rings is 3. The van der Waals surface area contributed by atoms with E-state index >= 15 is 0 Å². The Labute approximate surface area is 172 Å². The number of hydrogen-bond acceptors (Lipinski definition) is 4. The lowest BCUT2D eigenvalue weighted by Gasteiger charge is -2.38. The van der Waals surface area contributed by atoms with Crippen LogP contribution in [0.4, 0.5) is 11.4 Å². The van der Waals surface area contributed by atoms with Crippen LogP contribution < -0.4 is 19.7 Å². The number of fused-ring (bicyclic) bond motifs is 1. The van der Waals surface area contributed by atoms with E-state index < -0.39 is 6.17 Å². The lowest BCUT2D eigenvalue weighted by molar-refractivity contribution is 0.0974. The molecule has 1 aliphatic rings. The van der Waals surface area contributed by atoms with Crippen LogP contribution in [0.25, 0.3) is 0 Å². The molecule has 1 amide bonds. The first kappa shape index (κ1) is 18.4. The topological polar surface area (TPSA) is 50.8 Å². The number of nitrogens with zero attached hydrogens (tertiary/aromatic N) is 1. The minimum atomic E-state index is -0.443. The van der Waals surface area contributed by atoms with E-state index in [2.05, 4.69) is 21.2 Å². The van der Waals surface area contributed by atoms with Gasteiger partial charge in [-0.05, 0) is 46.3 Å². The highest BCUT2D eigenvalue weighted by Gasteiger charge is 2.35. The molecule has 28 heavy (non-hydrogen) atoms. The van der Waals surface area contributed by atoms with Gasteiger partial charge in [-0.1, -0.05) is 30.3 Å². The van der Waals surface area contributed by atoms with Crippen molar-refractivity contribution < 1.29 is 14.3 Å². The molecule has 0 saturated carbocycles. The maximum atomic E-state index is 13.4. The van der Waals surface area contributed by atoms with E-state index in [0.717, 1.165) is 21.4 Å². The van der Waals surface area contributed by atoms with E-state index in [-0.39, 0.29) is 5.91 Å². The maximum Gasteiger partial charge on any atom is 0.262 e. The third-order valence-electron chi connectivity index (χ3n) is 4.76. The number of carbonyl (C=O) groups is 1. The third-order valence-corrected chi connectivity index (χ3v) is 5.38. The maximum absolute atomic E-state index is 13.4. The van der Waals surface area contributed by atoms with E-state index in [1.165, 1.54) is 0 Å². The molecule has 6 heteroatoms. The Morgan fingerprint density at radius 3 is 2.32 bits per heavy atom. The van der Waals surface area contributed by atoms with Crippen molar-refractivity contribution >= 4 is 33.2 Å². The Morgan fingerprint density at radius 2 is 1.61 bits per heavy atom. The normalized spacial score (nSPS) is 15.6. The highest BCUT2D eigenvalue weighted by Crippen LogP contribution is 2.42. The molecule has 142 valence electrons. The second-order valence-corrected chi connectivity index (χ2v) is 7.19. The second-order valence-electron chi connectivity index (χ2n) is 6.33. The van der Waals surface area contributed by atoms with Gasteiger partial charge in [0, 0.05) is 23.0 Å². The molecule has 1 aliphatic heterocycles. The number of para-hydroxylation sites is 2. The van der Waals surface area contributed by atoms with Crippen LogP contribution in [0, 0.1) is 0 Å². The number of carbonyl (C=O) groups excluding carboxylic acids is 1. The van der Waals surface area contributed by atoms with Crippen molar-refractivity contribution in [1.82, 2.24) is 0 Å². The van der Waals surface area contributed by atoms with Crippen LogP contribution in [0.1, 0.15) is 22.1 Å². The molecule has 0 aliphatic carbocycles. The molecule has 0 radical (unpaired) electrons. The van der Waals surface area contributed by atoms with Crippen molar-refractivity contribution in [3.05, 3.63) is 82.3 Å². The van der Waals surface area contributed by atoms with Crippen LogP contribution in [0.5, 0.6) is 11.5 Å². The molecule has 4 rings (SSSR count). The standard InChI is InChI=1S/C22H19BrN2O3/c1-27-19-13-20(28-2)17(23)12-16(19)21-24-18-11-7-6-10-15(18)22(26)25(21)14-8-4-3-5-9-14/h3-13,21,24H,1-2H3/t21-/m0/s1. The molecule has 0 unspecified atom stereocenters. The van der Waals surface area contributed by atoms with E-state index in [1.807, 2.05) is 66.7 Å². The molecule has 0 bridgehead atoms. The molecular weight excluding hydrogens is 420 g/mol. The zero-order valence-corrected chi connectivity index (χ0v) is 17.1. The quantitative estimate of drug-likeness (QED) is 0.605. The lowest BCUT2D eigenvalue weighted by Crippen LogP contribution is -2.43. The first-order valence-corrected chi connectivity index (χ1v) is 9.59. The molecular formula is C22H19BrN2O3. The van der Waals surface area contributed by atoms with Gasteiger partial charge in [0.25, 0.3) is 5.91 Å². The van der Waals surface area contributed by atoms with Crippen molar-refractivity contribution in [3.63, 3.8) is 0 Å². The minimum Gasteiger partial charge on any atom is -0.496 e. The molecule has 0 aromatic heterocycles. The van der Waals surface area contributed by atoms with Crippen LogP contribution in [0.15, 0.2) is 71.2 Å². The van der Waals surface area contributed by atoms with Crippen LogP contribution >= 0.6 is 15.9 Å². The number of halogens is 1. The van der Waals surface area contributed by atoms with Crippen LogP contribution in [-0.4, -0.2) is 20.1 Å². The summed E-state index contributed by atoms with van der Waals surface area (Å²) in [6, 6.07) is 20.9. The number of hydrogen-bond donors (Lipinski definition) is 1. The SMILES string of the molecule is COc1cc(OC)c([C@H]2Nc3ccccc3C(=O)N2c2ccccc2)cc1Br. The largest absolute Gasteiger partial charge is 0.496 e. The Kier molecular flexibility index (Phi) is 4.96. The molecule has 3 aromatic rings. The number of ether oxygens (including phenoxy) is 2. The Hall–Kier alpha value is -2.99. The summed E-state index contributed by atoms with van der Waals surface area (Å²) >= 11 is 3.55. The Bertz CT molecular complexity index is 1020. The number of nitrogens with one attached hydrogen (secondary N) is 1. The van der Waals surface area contributed by atoms with Gasteiger partial charge in [0.15, 0.2) is 0 Å². The highest BCUT2D eigenvalue weighted by molar-refractivity contribution is 9.10. The van der Waals surface area contributed by atoms with Gasteiger partial charge in [-0.15, -0.1) is 0 Å². The van der Waals surface area contributed by atoms with Crippen molar-refractivity contribution in [2.45, 2.75) is 6.17 Å². The summed E-state index contributed by atoms with van der Waals surface area (Å²) in [5.41, 5.74) is 3.04. The van der Waals surface area contributed by atoms with E-state index in [1.54, 1.807) is 19.1 Å². The fraction of sp³-hybridized carbons (Fsp3) is 0.136. The average molecular weight is 439 g/mol. The van der Waals surface area contributed by atoms with Crippen LogP contribution in [-0.2, 0) is 0 Å². The summed E-state index contributed by atoms with van der Waals surface area (Å²) in [7, 11) is 3.21. The minimum absolute atomic E-state index is 0.0699. The van der Waals surface area contributed by atoms with Gasteiger partial charge >= 0.3 is 0 Å². The van der Waals surface area contributed by atoms with Gasteiger partial charge in [-0.3, -0.25) is 9.69 Å². The average Bonchev–Trinajstić information content (AvgIpc) is 2.74. The van der Waals surface area contributed by atoms with E-state index in [0.29, 0.717) is 17.1 Å². The van der Waals surface area contributed by atoms with E-state index in [4.69, 9.17) is 9.47 Å². The third kappa shape index (κ3) is 3.10. The molecule has 3 aromatic carbocycles. The molecule has 0 fully saturated rings. The lowest BCUT2D eigenvalue weighted by atomic mass is 10.0. The van der Waals surface area contributed by atoms with Gasteiger partial charge in [0.05, 0.1) is 24.3 Å². The van der Waals surface area contributed by atoms with Gasteiger partial charge in [0.2, 0.25) is 0 Å². The summed E-state index contributed by atoms with van der Waals surface area (Å²) in [5, 5.41) is 3.50. The zero-order valence-electron chi connectivity index (χ0n) is 15.5. The van der Waals surface area contributed by atoms with Gasteiger partial charge in [-0.2, -0.15) is 0 Å². The summed E-state index contributed by atoms with van der Waals surface area (Å²) in [5.74, 6) is 1.22. The van der Waals surface area contributed by atoms with Crippen LogP contribution in [0.2, 0.25) is 0 Å². The first-order valence-electron chi connectivity index (χ1n) is 8.79. The van der Waals surface area contributed by atoms with Gasteiger partial charge in [-0.25, -0.2) is 0 Å². The van der Waals surface area contributed by atoms with Crippen molar-refractivity contribution in [2.75, 3.05) is 24.4 Å². The Morgan fingerprint density at radius 1 is 0.929 bits per heavy atom. The molecule has 1 atom stereocenters. The fourth-order valence-corrected chi connectivity index (χ4v) is 3.95. The summed E-state index contributed by atoms with van der Waals surface area (Å²) in [6.07, 6.45) is -0.443. The summed E-state index contributed by atoms with van der Waals surface area (Å²) < 4.78 is 11.8. The Balaban J connectivity index is 1.91. The smallest absolute Gasteiger partial charge is 0.262 e. The van der Waals surface area contributed by atoms with Crippen LogP contribution in [0.3, 0.4) is 0 Å². The van der Waals surface area contributed by atoms with Crippen molar-refractivity contribution in [2.24, 2.45) is 0 Å². The molecule has 1 heterocycles.